The lowest BCUT2D eigenvalue weighted by atomic mass is 10.1. The number of nitrogens with one attached hydrogen (secondary N) is 2. The number of ether oxygens (including phenoxy) is 1. The third kappa shape index (κ3) is 4.24. The molecule has 1 aliphatic rings. The van der Waals surface area contributed by atoms with Gasteiger partial charge in [-0.05, 0) is 35.7 Å². The number of carbonyl (C=O) groups is 2. The normalized spacial score (nSPS) is 13.8. The van der Waals surface area contributed by atoms with Gasteiger partial charge in [-0.15, -0.1) is 11.3 Å². The van der Waals surface area contributed by atoms with Crippen LogP contribution in [0.3, 0.4) is 0 Å². The molecule has 0 radical (unpaired) electrons. The number of anilines is 1. The molecule has 1 atom stereocenters. The van der Waals surface area contributed by atoms with E-state index >= 15 is 0 Å². The minimum absolute atomic E-state index is 0.0272. The molecule has 1 unspecified atom stereocenters. The summed E-state index contributed by atoms with van der Waals surface area (Å²) in [6.07, 6.45) is -2.35. The van der Waals surface area contributed by atoms with Crippen LogP contribution < -0.4 is 20.5 Å². The van der Waals surface area contributed by atoms with Crippen molar-refractivity contribution >= 4 is 40.6 Å². The van der Waals surface area contributed by atoms with Gasteiger partial charge < -0.3 is 9.84 Å². The monoisotopic (exact) mass is 479 g/mol. The second-order valence-corrected chi connectivity index (χ2v) is 8.25. The number of fused-ring (bicyclic) bond motifs is 2. The fraction of sp³-hybridized carbons (Fsp3) is 0.143. The van der Waals surface area contributed by atoms with E-state index in [9.17, 15) is 23.5 Å². The number of benzene rings is 2. The zero-order chi connectivity index (χ0) is 22.9. The predicted molar refractivity (Wildman–Crippen MR) is 115 cm³/mol. The largest absolute Gasteiger partial charge is 0.455 e. The standard InChI is InChI=1S/C21H16ClF2N3O4S/c22-13-7-8-16-14(10-13)27(11-12-4-1-2-5-15(12)31-16)20(30)26-25-19(29)21(23,24)18(28)17-6-3-9-32-17/h1-10,18,28H,11H2,(H,25,29)(H,26,30). The number of halogens is 3. The predicted octanol–water partition coefficient (Wildman–Crippen LogP) is 4.62. The highest BCUT2D eigenvalue weighted by atomic mass is 35.5. The number of amides is 3. The SMILES string of the molecule is O=C(NNC(=O)C(F)(F)C(O)c1cccs1)N1Cc2ccccc2Oc2ccc(Cl)cc21. The maximum absolute atomic E-state index is 14.4. The Hall–Kier alpha value is -3.21. The average molecular weight is 480 g/mol. The van der Waals surface area contributed by atoms with Crippen molar-refractivity contribution in [1.82, 2.24) is 10.9 Å². The van der Waals surface area contributed by atoms with Crippen molar-refractivity contribution < 1.29 is 28.2 Å². The first-order chi connectivity index (χ1) is 15.3. The number of aliphatic hydroxyl groups is 1. The molecule has 0 saturated carbocycles. The molecular formula is C21H16ClF2N3O4S. The lowest BCUT2D eigenvalue weighted by Crippen LogP contribution is -2.54. The molecule has 2 aromatic carbocycles. The Balaban J connectivity index is 1.54. The van der Waals surface area contributed by atoms with Crippen molar-refractivity contribution in [1.29, 1.82) is 0 Å². The molecule has 0 fully saturated rings. The molecule has 7 nitrogen and oxygen atoms in total. The van der Waals surface area contributed by atoms with E-state index in [4.69, 9.17) is 16.3 Å². The van der Waals surface area contributed by atoms with Gasteiger partial charge >= 0.3 is 17.9 Å². The maximum atomic E-state index is 14.4. The first-order valence-corrected chi connectivity index (χ1v) is 10.6. The Morgan fingerprint density at radius 2 is 1.91 bits per heavy atom. The van der Waals surface area contributed by atoms with Crippen LogP contribution in [0.15, 0.2) is 60.0 Å². The number of hydrazine groups is 1. The highest BCUT2D eigenvalue weighted by Crippen LogP contribution is 2.40. The first kappa shape index (κ1) is 22.0. The fourth-order valence-electron chi connectivity index (χ4n) is 3.09. The smallest absolute Gasteiger partial charge is 0.356 e. The van der Waals surface area contributed by atoms with E-state index in [1.165, 1.54) is 28.5 Å². The van der Waals surface area contributed by atoms with Gasteiger partial charge in [0.25, 0.3) is 0 Å². The zero-order valence-corrected chi connectivity index (χ0v) is 17.8. The maximum Gasteiger partial charge on any atom is 0.356 e. The van der Waals surface area contributed by atoms with Crippen LogP contribution in [0.1, 0.15) is 16.5 Å². The first-order valence-electron chi connectivity index (χ1n) is 9.30. The van der Waals surface area contributed by atoms with Crippen LogP contribution in [-0.4, -0.2) is 23.0 Å². The second kappa shape index (κ2) is 8.73. The molecule has 0 bridgehead atoms. The van der Waals surface area contributed by atoms with Crippen molar-refractivity contribution in [3.63, 3.8) is 0 Å². The van der Waals surface area contributed by atoms with Crippen LogP contribution in [0, 0.1) is 0 Å². The number of urea groups is 1. The molecule has 3 N–H and O–H groups in total. The lowest BCUT2D eigenvalue weighted by Gasteiger charge is -2.24. The van der Waals surface area contributed by atoms with Gasteiger partial charge in [0, 0.05) is 15.5 Å². The van der Waals surface area contributed by atoms with Crippen LogP contribution in [0.2, 0.25) is 5.02 Å². The number of alkyl halides is 2. The number of hydrogen-bond donors (Lipinski definition) is 3. The van der Waals surface area contributed by atoms with E-state index in [2.05, 4.69) is 0 Å². The van der Waals surface area contributed by atoms with Crippen LogP contribution >= 0.6 is 22.9 Å². The Bertz CT molecular complexity index is 1160. The molecule has 166 valence electrons. The molecule has 2 heterocycles. The molecule has 1 aromatic heterocycles. The summed E-state index contributed by atoms with van der Waals surface area (Å²) >= 11 is 6.95. The molecule has 3 amide bonds. The molecule has 0 aliphatic carbocycles. The number of para-hydroxylation sites is 1. The van der Waals surface area contributed by atoms with Crippen LogP contribution in [0.4, 0.5) is 19.3 Å². The Morgan fingerprint density at radius 3 is 2.66 bits per heavy atom. The Labute approximate surface area is 190 Å². The van der Waals surface area contributed by atoms with Crippen LogP contribution in [0.5, 0.6) is 11.5 Å². The van der Waals surface area contributed by atoms with E-state index < -0.39 is 24.0 Å². The second-order valence-electron chi connectivity index (χ2n) is 6.83. The van der Waals surface area contributed by atoms with Crippen LogP contribution in [-0.2, 0) is 11.3 Å². The molecule has 32 heavy (non-hydrogen) atoms. The molecule has 1 aliphatic heterocycles. The summed E-state index contributed by atoms with van der Waals surface area (Å²) in [6.45, 7) is 0.0272. The fourth-order valence-corrected chi connectivity index (χ4v) is 4.00. The van der Waals surface area contributed by atoms with Gasteiger partial charge in [0.2, 0.25) is 0 Å². The minimum Gasteiger partial charge on any atom is -0.455 e. The van der Waals surface area contributed by atoms with Gasteiger partial charge in [-0.3, -0.25) is 15.1 Å². The molecular weight excluding hydrogens is 464 g/mol. The number of hydrogen-bond acceptors (Lipinski definition) is 5. The highest BCUT2D eigenvalue weighted by molar-refractivity contribution is 7.10. The van der Waals surface area contributed by atoms with Gasteiger partial charge in [-0.2, -0.15) is 8.78 Å². The minimum atomic E-state index is -4.17. The van der Waals surface area contributed by atoms with Crippen molar-refractivity contribution in [2.24, 2.45) is 0 Å². The third-order valence-electron chi connectivity index (χ3n) is 4.72. The van der Waals surface area contributed by atoms with Gasteiger partial charge in [-0.1, -0.05) is 35.9 Å². The van der Waals surface area contributed by atoms with Crippen molar-refractivity contribution in [2.45, 2.75) is 18.6 Å². The van der Waals surface area contributed by atoms with Gasteiger partial charge in [0.05, 0.1) is 12.2 Å². The number of aliphatic hydroxyl groups excluding tert-OH is 1. The number of carbonyl (C=O) groups excluding carboxylic acids is 2. The van der Waals surface area contributed by atoms with E-state index in [1.54, 1.807) is 41.8 Å². The average Bonchev–Trinajstić information content (AvgIpc) is 3.26. The topological polar surface area (TPSA) is 90.9 Å². The van der Waals surface area contributed by atoms with E-state index in [0.717, 1.165) is 11.3 Å². The Kier molecular flexibility index (Phi) is 6.00. The molecule has 4 rings (SSSR count). The summed E-state index contributed by atoms with van der Waals surface area (Å²) in [5.74, 6) is -5.20. The van der Waals surface area contributed by atoms with Gasteiger partial charge in [0.15, 0.2) is 11.9 Å². The molecule has 3 aromatic rings. The van der Waals surface area contributed by atoms with Crippen molar-refractivity contribution in [2.75, 3.05) is 4.90 Å². The summed E-state index contributed by atoms with van der Waals surface area (Å²) in [6, 6.07) is 13.5. The summed E-state index contributed by atoms with van der Waals surface area (Å²) in [5, 5.41) is 11.7. The van der Waals surface area contributed by atoms with Gasteiger partial charge in [0.1, 0.15) is 5.75 Å². The number of rotatable bonds is 3. The zero-order valence-electron chi connectivity index (χ0n) is 16.2. The van der Waals surface area contributed by atoms with Crippen molar-refractivity contribution in [3.05, 3.63) is 75.4 Å². The van der Waals surface area contributed by atoms with Gasteiger partial charge in [-0.25, -0.2) is 10.2 Å². The molecule has 0 saturated heterocycles. The highest BCUT2D eigenvalue weighted by Gasteiger charge is 2.48. The van der Waals surface area contributed by atoms with E-state index in [1.807, 2.05) is 5.43 Å². The Morgan fingerprint density at radius 1 is 1.12 bits per heavy atom. The quantitative estimate of drug-likeness (QED) is 0.478. The van der Waals surface area contributed by atoms with E-state index in [-0.39, 0.29) is 17.1 Å². The lowest BCUT2D eigenvalue weighted by molar-refractivity contribution is -0.164. The summed E-state index contributed by atoms with van der Waals surface area (Å²) in [5.41, 5.74) is 4.61. The van der Waals surface area contributed by atoms with Crippen molar-refractivity contribution in [3.8, 4) is 11.5 Å². The molecule has 11 heteroatoms. The van der Waals surface area contributed by atoms with E-state index in [0.29, 0.717) is 22.1 Å². The third-order valence-corrected chi connectivity index (χ3v) is 5.88. The summed E-state index contributed by atoms with van der Waals surface area (Å²) in [4.78, 5) is 26.0. The summed E-state index contributed by atoms with van der Waals surface area (Å²) < 4.78 is 34.6. The molecule has 0 spiro atoms. The van der Waals surface area contributed by atoms with Crippen LogP contribution in [0.25, 0.3) is 0 Å². The number of thiophene rings is 1. The summed E-state index contributed by atoms with van der Waals surface area (Å²) in [7, 11) is 0. The number of nitrogens with zero attached hydrogens (tertiary/aromatic N) is 1.